The van der Waals surface area contributed by atoms with E-state index in [4.69, 9.17) is 28.2 Å². The van der Waals surface area contributed by atoms with Gasteiger partial charge in [-0.1, -0.05) is 48.2 Å². The molecule has 2 aromatic rings. The van der Waals surface area contributed by atoms with E-state index in [1.807, 2.05) is 0 Å². The van der Waals surface area contributed by atoms with E-state index in [1.165, 1.54) is 29.8 Å². The average Bonchev–Trinajstić information content (AvgIpc) is 3.57. The Labute approximate surface area is 211 Å². The Morgan fingerprint density at radius 1 is 1.03 bits per heavy atom. The van der Waals surface area contributed by atoms with Gasteiger partial charge in [-0.25, -0.2) is 4.79 Å². The summed E-state index contributed by atoms with van der Waals surface area (Å²) in [5.41, 5.74) is 4.03. The van der Waals surface area contributed by atoms with E-state index in [0.29, 0.717) is 6.42 Å². The Morgan fingerprint density at radius 3 is 2.47 bits per heavy atom. The standard InChI is InChI=1S/C27H32Cl2N2O3/c28-20-9-6-10-21(29)24(20)25(32)31-23(26(33)34)17-27(15-16-27)14-5-1-2-8-19-13-12-18-7-3-4-11-22(18)30-19/h6,9-10,12-13,23H,1-5,7-8,11,14-17H2,(H,31,32)(H,33,34). The molecule has 0 aliphatic heterocycles. The number of unbranched alkanes of at least 4 members (excludes halogenated alkanes) is 2. The Kier molecular flexibility index (Phi) is 8.15. The van der Waals surface area contributed by atoms with Crippen LogP contribution in [0.15, 0.2) is 30.3 Å². The van der Waals surface area contributed by atoms with Crippen LogP contribution in [0.3, 0.4) is 0 Å². The van der Waals surface area contributed by atoms with Gasteiger partial charge in [0.2, 0.25) is 0 Å². The number of carbonyl (C=O) groups is 2. The van der Waals surface area contributed by atoms with Gasteiger partial charge in [-0.15, -0.1) is 0 Å². The van der Waals surface area contributed by atoms with E-state index >= 15 is 0 Å². The number of aromatic nitrogens is 1. The molecular formula is C27H32Cl2N2O3. The number of nitrogens with one attached hydrogen (secondary N) is 1. The highest BCUT2D eigenvalue weighted by atomic mass is 35.5. The first kappa shape index (κ1) is 25.0. The molecule has 182 valence electrons. The molecule has 5 nitrogen and oxygen atoms in total. The van der Waals surface area contributed by atoms with E-state index < -0.39 is 17.9 Å². The molecule has 1 heterocycles. The summed E-state index contributed by atoms with van der Waals surface area (Å²) in [5, 5.41) is 12.8. The van der Waals surface area contributed by atoms with Crippen LogP contribution in [0, 0.1) is 5.41 Å². The van der Waals surface area contributed by atoms with Crippen molar-refractivity contribution in [3.05, 3.63) is 62.9 Å². The molecule has 34 heavy (non-hydrogen) atoms. The number of hydrogen-bond donors (Lipinski definition) is 2. The average molecular weight is 503 g/mol. The second-order valence-corrected chi connectivity index (χ2v) is 10.7. The van der Waals surface area contributed by atoms with Crippen LogP contribution in [-0.2, 0) is 24.1 Å². The van der Waals surface area contributed by atoms with Crippen molar-refractivity contribution >= 4 is 35.1 Å². The summed E-state index contributed by atoms with van der Waals surface area (Å²) >= 11 is 12.2. The Balaban J connectivity index is 1.24. The molecule has 1 fully saturated rings. The molecule has 1 atom stereocenters. The smallest absolute Gasteiger partial charge is 0.326 e. The number of nitrogens with zero attached hydrogens (tertiary/aromatic N) is 1. The van der Waals surface area contributed by atoms with E-state index in [0.717, 1.165) is 57.8 Å². The summed E-state index contributed by atoms with van der Waals surface area (Å²) in [6, 6.07) is 8.27. The molecule has 0 bridgehead atoms. The molecule has 4 rings (SSSR count). The van der Waals surface area contributed by atoms with Crippen molar-refractivity contribution in [2.45, 2.75) is 83.1 Å². The zero-order valence-electron chi connectivity index (χ0n) is 19.4. The molecule has 1 aromatic heterocycles. The lowest BCUT2D eigenvalue weighted by Crippen LogP contribution is -2.42. The molecule has 1 saturated carbocycles. The fraction of sp³-hybridized carbons (Fsp3) is 0.519. The van der Waals surface area contributed by atoms with Crippen molar-refractivity contribution in [1.82, 2.24) is 10.3 Å². The fourth-order valence-electron chi connectivity index (χ4n) is 5.06. The molecule has 0 spiro atoms. The van der Waals surface area contributed by atoms with E-state index in [1.54, 1.807) is 18.2 Å². The second kappa shape index (κ2) is 11.1. The van der Waals surface area contributed by atoms with Crippen LogP contribution in [0.4, 0.5) is 0 Å². The summed E-state index contributed by atoms with van der Waals surface area (Å²) in [7, 11) is 0. The highest BCUT2D eigenvalue weighted by Crippen LogP contribution is 2.53. The lowest BCUT2D eigenvalue weighted by molar-refractivity contribution is -0.139. The third-order valence-corrected chi connectivity index (χ3v) is 7.89. The number of carboxylic acid groups (broad SMARTS) is 1. The second-order valence-electron chi connectivity index (χ2n) is 9.84. The maximum absolute atomic E-state index is 12.7. The summed E-state index contributed by atoms with van der Waals surface area (Å²) in [6.45, 7) is 0. The van der Waals surface area contributed by atoms with Crippen LogP contribution >= 0.6 is 23.2 Å². The normalized spacial score (nSPS) is 17.0. The largest absolute Gasteiger partial charge is 0.480 e. The van der Waals surface area contributed by atoms with Crippen LogP contribution in [0.1, 0.15) is 85.1 Å². The molecule has 2 aliphatic carbocycles. The number of fused-ring (bicyclic) bond motifs is 1. The zero-order valence-corrected chi connectivity index (χ0v) is 20.9. The van der Waals surface area contributed by atoms with Gasteiger partial charge >= 0.3 is 5.97 Å². The molecule has 7 heteroatoms. The van der Waals surface area contributed by atoms with Crippen molar-refractivity contribution in [2.75, 3.05) is 0 Å². The highest BCUT2D eigenvalue weighted by Gasteiger charge is 2.45. The van der Waals surface area contributed by atoms with Gasteiger partial charge in [-0.05, 0) is 93.4 Å². The lowest BCUT2D eigenvalue weighted by atomic mass is 9.90. The Morgan fingerprint density at radius 2 is 1.76 bits per heavy atom. The zero-order chi connectivity index (χ0) is 24.1. The first-order valence-corrected chi connectivity index (χ1v) is 13.1. The molecule has 1 aromatic carbocycles. The predicted octanol–water partition coefficient (Wildman–Crippen LogP) is 6.42. The number of hydrogen-bond acceptors (Lipinski definition) is 3. The van der Waals surface area contributed by atoms with Crippen LogP contribution in [-0.4, -0.2) is 28.0 Å². The molecule has 0 radical (unpaired) electrons. The maximum Gasteiger partial charge on any atom is 0.326 e. The molecule has 2 aliphatic rings. The van der Waals surface area contributed by atoms with Gasteiger partial charge in [0.05, 0.1) is 15.6 Å². The topological polar surface area (TPSA) is 79.3 Å². The monoisotopic (exact) mass is 502 g/mol. The predicted molar refractivity (Wildman–Crippen MR) is 135 cm³/mol. The third-order valence-electron chi connectivity index (χ3n) is 7.26. The molecule has 1 unspecified atom stereocenters. The van der Waals surface area contributed by atoms with E-state index in [-0.39, 0.29) is 21.0 Å². The SMILES string of the molecule is O=C(NC(CC1(CCCCCc2ccc3c(n2)CCCC3)CC1)C(=O)O)c1c(Cl)cccc1Cl. The van der Waals surface area contributed by atoms with Crippen molar-refractivity contribution in [2.24, 2.45) is 5.41 Å². The number of carboxylic acids is 1. The van der Waals surface area contributed by atoms with Gasteiger partial charge in [0.25, 0.3) is 5.91 Å². The number of amides is 1. The van der Waals surface area contributed by atoms with Crippen LogP contribution in [0.25, 0.3) is 0 Å². The van der Waals surface area contributed by atoms with Gasteiger partial charge in [0.1, 0.15) is 6.04 Å². The van der Waals surface area contributed by atoms with Gasteiger partial charge in [0.15, 0.2) is 0 Å². The quantitative estimate of drug-likeness (QED) is 0.347. The number of aryl methyl sites for hydroxylation is 3. The van der Waals surface area contributed by atoms with Crippen molar-refractivity contribution < 1.29 is 14.7 Å². The Bertz CT molecular complexity index is 1030. The van der Waals surface area contributed by atoms with E-state index in [2.05, 4.69) is 17.4 Å². The number of benzene rings is 1. The minimum absolute atomic E-state index is 0.00465. The summed E-state index contributed by atoms with van der Waals surface area (Å²) in [4.78, 5) is 29.4. The molecular weight excluding hydrogens is 471 g/mol. The van der Waals surface area contributed by atoms with Gasteiger partial charge < -0.3 is 10.4 Å². The summed E-state index contributed by atoms with van der Waals surface area (Å²) in [6.07, 6.45) is 12.5. The summed E-state index contributed by atoms with van der Waals surface area (Å²) in [5.74, 6) is -1.57. The lowest BCUT2D eigenvalue weighted by Gasteiger charge is -2.22. The van der Waals surface area contributed by atoms with Gasteiger partial charge in [-0.3, -0.25) is 9.78 Å². The third kappa shape index (κ3) is 6.31. The first-order valence-electron chi connectivity index (χ1n) is 12.3. The van der Waals surface area contributed by atoms with Crippen molar-refractivity contribution in [3.63, 3.8) is 0 Å². The highest BCUT2D eigenvalue weighted by molar-refractivity contribution is 6.39. The van der Waals surface area contributed by atoms with Crippen LogP contribution in [0.2, 0.25) is 10.0 Å². The number of halogens is 2. The minimum atomic E-state index is -1.03. The molecule has 2 N–H and O–H groups in total. The van der Waals surface area contributed by atoms with Crippen LogP contribution in [0.5, 0.6) is 0 Å². The number of carbonyl (C=O) groups excluding carboxylic acids is 1. The van der Waals surface area contributed by atoms with Crippen LogP contribution < -0.4 is 5.32 Å². The van der Waals surface area contributed by atoms with Crippen molar-refractivity contribution in [1.29, 1.82) is 0 Å². The van der Waals surface area contributed by atoms with E-state index in [9.17, 15) is 14.7 Å². The van der Waals surface area contributed by atoms with Gasteiger partial charge in [0, 0.05) is 11.4 Å². The summed E-state index contributed by atoms with van der Waals surface area (Å²) < 4.78 is 0. The van der Waals surface area contributed by atoms with Gasteiger partial charge in [-0.2, -0.15) is 0 Å². The first-order chi connectivity index (χ1) is 16.4. The molecule has 1 amide bonds. The molecule has 0 saturated heterocycles. The number of rotatable bonds is 11. The fourth-order valence-corrected chi connectivity index (χ4v) is 5.63. The Hall–Kier alpha value is -2.11. The minimum Gasteiger partial charge on any atom is -0.480 e. The number of aliphatic carboxylic acids is 1. The number of pyridine rings is 1. The van der Waals surface area contributed by atoms with Crippen molar-refractivity contribution in [3.8, 4) is 0 Å². The maximum atomic E-state index is 12.7.